The first kappa shape index (κ1) is 18.4. The van der Waals surface area contributed by atoms with Gasteiger partial charge in [-0.1, -0.05) is 12.1 Å². The lowest BCUT2D eigenvalue weighted by molar-refractivity contribution is 0.312. The number of rotatable bonds is 5. The van der Waals surface area contributed by atoms with Gasteiger partial charge in [-0.25, -0.2) is 4.98 Å². The summed E-state index contributed by atoms with van der Waals surface area (Å²) in [6.07, 6.45) is 1.85. The molecule has 1 aromatic carbocycles. The summed E-state index contributed by atoms with van der Waals surface area (Å²) in [4.78, 5) is 9.28. The van der Waals surface area contributed by atoms with Gasteiger partial charge in [-0.2, -0.15) is 0 Å². The molecule has 0 spiro atoms. The molecule has 2 aromatic rings. The van der Waals surface area contributed by atoms with E-state index in [0.29, 0.717) is 11.7 Å². The fourth-order valence-corrected chi connectivity index (χ4v) is 3.11. The number of anilines is 2. The molecule has 0 radical (unpaired) electrons. The van der Waals surface area contributed by atoms with Crippen LogP contribution in [0.15, 0.2) is 42.6 Å². The standard InChI is InChI=1S/C19H25N5OS/c1-23-9-11-24(12-10-23)18-15(5-4-8-20-18)14-21-19(26)22-16-6-3-7-17(13-16)25-2/h3-8,13H,9-12,14H2,1-2H3,(H2,21,22,26). The molecule has 2 heterocycles. The number of hydrogen-bond donors (Lipinski definition) is 2. The Morgan fingerprint density at radius 2 is 2.00 bits per heavy atom. The molecule has 0 amide bonds. The van der Waals surface area contributed by atoms with E-state index in [4.69, 9.17) is 17.0 Å². The summed E-state index contributed by atoms with van der Waals surface area (Å²) in [7, 11) is 3.80. The molecular weight excluding hydrogens is 346 g/mol. The monoisotopic (exact) mass is 371 g/mol. The molecule has 1 aliphatic rings. The van der Waals surface area contributed by atoms with Crippen molar-refractivity contribution in [1.29, 1.82) is 0 Å². The second-order valence-electron chi connectivity index (χ2n) is 6.32. The Hall–Kier alpha value is -2.38. The van der Waals surface area contributed by atoms with Crippen LogP contribution in [-0.4, -0.2) is 55.3 Å². The van der Waals surface area contributed by atoms with Crippen LogP contribution in [0.5, 0.6) is 5.75 Å². The predicted molar refractivity (Wildman–Crippen MR) is 110 cm³/mol. The van der Waals surface area contributed by atoms with E-state index in [0.717, 1.165) is 49.0 Å². The van der Waals surface area contributed by atoms with Crippen molar-refractivity contribution in [2.24, 2.45) is 0 Å². The highest BCUT2D eigenvalue weighted by Crippen LogP contribution is 2.19. The Bertz CT molecular complexity index is 746. The molecule has 0 bridgehead atoms. The van der Waals surface area contributed by atoms with Crippen LogP contribution in [0.2, 0.25) is 0 Å². The zero-order chi connectivity index (χ0) is 18.4. The van der Waals surface area contributed by atoms with Crippen LogP contribution in [-0.2, 0) is 6.54 Å². The number of pyridine rings is 1. The second-order valence-corrected chi connectivity index (χ2v) is 6.72. The maximum Gasteiger partial charge on any atom is 0.171 e. The van der Waals surface area contributed by atoms with Crippen molar-refractivity contribution >= 4 is 28.8 Å². The zero-order valence-corrected chi connectivity index (χ0v) is 16.1. The number of thiocarbonyl (C=S) groups is 1. The molecule has 26 heavy (non-hydrogen) atoms. The first-order valence-corrected chi connectivity index (χ1v) is 9.13. The highest BCUT2D eigenvalue weighted by molar-refractivity contribution is 7.80. The van der Waals surface area contributed by atoms with Crippen LogP contribution in [0.25, 0.3) is 0 Å². The molecule has 1 aliphatic heterocycles. The van der Waals surface area contributed by atoms with Crippen molar-refractivity contribution in [2.45, 2.75) is 6.54 Å². The largest absolute Gasteiger partial charge is 0.497 e. The van der Waals surface area contributed by atoms with Crippen LogP contribution >= 0.6 is 12.2 Å². The Morgan fingerprint density at radius 1 is 1.19 bits per heavy atom. The highest BCUT2D eigenvalue weighted by Gasteiger charge is 2.17. The average molecular weight is 372 g/mol. The van der Waals surface area contributed by atoms with E-state index < -0.39 is 0 Å². The van der Waals surface area contributed by atoms with Crippen LogP contribution in [0.1, 0.15) is 5.56 Å². The second kappa shape index (κ2) is 8.82. The van der Waals surface area contributed by atoms with Gasteiger partial charge in [-0.3, -0.25) is 0 Å². The van der Waals surface area contributed by atoms with E-state index >= 15 is 0 Å². The van der Waals surface area contributed by atoms with Gasteiger partial charge >= 0.3 is 0 Å². The van der Waals surface area contributed by atoms with Crippen molar-refractivity contribution in [1.82, 2.24) is 15.2 Å². The number of aromatic nitrogens is 1. The summed E-state index contributed by atoms with van der Waals surface area (Å²) in [6, 6.07) is 11.8. The Labute approximate surface area is 160 Å². The van der Waals surface area contributed by atoms with Crippen LogP contribution < -0.4 is 20.3 Å². The molecule has 3 rings (SSSR count). The summed E-state index contributed by atoms with van der Waals surface area (Å²) < 4.78 is 5.24. The minimum absolute atomic E-state index is 0.575. The number of hydrogen-bond acceptors (Lipinski definition) is 5. The molecular formula is C19H25N5OS. The molecule has 1 saturated heterocycles. The fraction of sp³-hybridized carbons (Fsp3) is 0.368. The van der Waals surface area contributed by atoms with Crippen molar-refractivity contribution in [2.75, 3.05) is 50.6 Å². The normalized spacial score (nSPS) is 14.8. The van der Waals surface area contributed by atoms with Gasteiger partial charge in [0.05, 0.1) is 7.11 Å². The average Bonchev–Trinajstić information content (AvgIpc) is 2.67. The number of nitrogens with zero attached hydrogens (tertiary/aromatic N) is 3. The van der Waals surface area contributed by atoms with Gasteiger partial charge in [0.25, 0.3) is 0 Å². The lowest BCUT2D eigenvalue weighted by Gasteiger charge is -2.34. The third kappa shape index (κ3) is 4.83. The number of methoxy groups -OCH3 is 1. The molecule has 1 fully saturated rings. The first-order valence-electron chi connectivity index (χ1n) is 8.72. The number of ether oxygens (including phenoxy) is 1. The minimum Gasteiger partial charge on any atom is -0.497 e. The molecule has 0 aliphatic carbocycles. The Kier molecular flexibility index (Phi) is 6.25. The van der Waals surface area contributed by atoms with Crippen molar-refractivity contribution < 1.29 is 4.74 Å². The van der Waals surface area contributed by atoms with Gasteiger partial charge in [0.2, 0.25) is 0 Å². The van der Waals surface area contributed by atoms with Crippen LogP contribution in [0.4, 0.5) is 11.5 Å². The van der Waals surface area contributed by atoms with E-state index in [-0.39, 0.29) is 0 Å². The topological polar surface area (TPSA) is 52.7 Å². The lowest BCUT2D eigenvalue weighted by Crippen LogP contribution is -2.45. The van der Waals surface area contributed by atoms with E-state index in [9.17, 15) is 0 Å². The van der Waals surface area contributed by atoms with E-state index in [1.165, 1.54) is 0 Å². The summed E-state index contributed by atoms with van der Waals surface area (Å²) in [5.74, 6) is 1.83. The molecule has 1 aromatic heterocycles. The van der Waals surface area contributed by atoms with E-state index in [2.05, 4.69) is 38.5 Å². The molecule has 0 atom stereocenters. The first-order chi connectivity index (χ1) is 12.7. The summed E-state index contributed by atoms with van der Waals surface area (Å²) in [5.41, 5.74) is 2.04. The predicted octanol–water partition coefficient (Wildman–Crippen LogP) is 2.33. The van der Waals surface area contributed by atoms with Gasteiger partial charge in [0.1, 0.15) is 11.6 Å². The van der Waals surface area contributed by atoms with Crippen LogP contribution in [0, 0.1) is 0 Å². The minimum atomic E-state index is 0.575. The van der Waals surface area contributed by atoms with Crippen LogP contribution in [0.3, 0.4) is 0 Å². The molecule has 7 heteroatoms. The Morgan fingerprint density at radius 3 is 2.77 bits per heavy atom. The van der Waals surface area contributed by atoms with E-state index in [1.54, 1.807) is 7.11 Å². The summed E-state index contributed by atoms with van der Waals surface area (Å²) >= 11 is 5.43. The number of nitrogens with one attached hydrogen (secondary N) is 2. The van der Waals surface area contributed by atoms with Gasteiger partial charge in [-0.15, -0.1) is 0 Å². The Balaban J connectivity index is 1.60. The van der Waals surface area contributed by atoms with Gasteiger partial charge in [0.15, 0.2) is 5.11 Å². The number of likely N-dealkylation sites (N-methyl/N-ethyl adjacent to an activating group) is 1. The molecule has 0 saturated carbocycles. The third-order valence-corrected chi connectivity index (χ3v) is 4.68. The highest BCUT2D eigenvalue weighted by atomic mass is 32.1. The molecule has 0 unspecified atom stereocenters. The molecule has 138 valence electrons. The molecule has 6 nitrogen and oxygen atoms in total. The number of benzene rings is 1. The fourth-order valence-electron chi connectivity index (χ4n) is 2.92. The van der Waals surface area contributed by atoms with Gasteiger partial charge < -0.3 is 25.2 Å². The molecule has 2 N–H and O–H groups in total. The quantitative estimate of drug-likeness (QED) is 0.783. The van der Waals surface area contributed by atoms with Gasteiger partial charge in [0, 0.05) is 56.2 Å². The summed E-state index contributed by atoms with van der Waals surface area (Å²) in [5, 5.41) is 7.04. The number of piperazine rings is 1. The van der Waals surface area contributed by atoms with Crippen molar-refractivity contribution in [3.05, 3.63) is 48.2 Å². The van der Waals surface area contributed by atoms with E-state index in [1.807, 2.05) is 36.5 Å². The maximum absolute atomic E-state index is 5.43. The van der Waals surface area contributed by atoms with Crippen molar-refractivity contribution in [3.8, 4) is 5.75 Å². The smallest absolute Gasteiger partial charge is 0.171 e. The summed E-state index contributed by atoms with van der Waals surface area (Å²) in [6.45, 7) is 4.73. The van der Waals surface area contributed by atoms with Crippen molar-refractivity contribution in [3.63, 3.8) is 0 Å². The van der Waals surface area contributed by atoms with Gasteiger partial charge in [-0.05, 0) is 37.5 Å². The zero-order valence-electron chi connectivity index (χ0n) is 15.2. The lowest BCUT2D eigenvalue weighted by atomic mass is 10.2. The maximum atomic E-state index is 5.43. The SMILES string of the molecule is COc1cccc(NC(=S)NCc2cccnc2N2CCN(C)CC2)c1. The third-order valence-electron chi connectivity index (χ3n) is 4.44.